The minimum Gasteiger partial charge on any atom is -0.462 e. The highest BCUT2D eigenvalue weighted by molar-refractivity contribution is 5.90. The quantitative estimate of drug-likeness (QED) is 0.477. The zero-order chi connectivity index (χ0) is 21.0. The van der Waals surface area contributed by atoms with E-state index in [1.807, 2.05) is 0 Å². The molecule has 7 heteroatoms. The second-order valence-corrected chi connectivity index (χ2v) is 7.47. The fourth-order valence-corrected chi connectivity index (χ4v) is 3.81. The number of allylic oxidation sites excluding steroid dienone is 1. The third-order valence-electron chi connectivity index (χ3n) is 5.40. The van der Waals surface area contributed by atoms with Gasteiger partial charge in [0.15, 0.2) is 0 Å². The number of unbranched alkanes of at least 4 members (excludes halogenated alkanes) is 1. The van der Waals surface area contributed by atoms with Crippen LogP contribution in [0.4, 0.5) is 8.78 Å². The van der Waals surface area contributed by atoms with Gasteiger partial charge in [-0.25, -0.2) is 4.79 Å². The SMILES string of the molecule is CCCCC(F)(F)C(=O)CC=C1C(OC(=O)c2ccccc2)CC2OC(=O)C[C@H]12. The van der Waals surface area contributed by atoms with E-state index in [0.717, 1.165) is 0 Å². The highest BCUT2D eigenvalue weighted by atomic mass is 19.3. The Morgan fingerprint density at radius 3 is 2.69 bits per heavy atom. The number of esters is 2. The number of hydrogen-bond acceptors (Lipinski definition) is 5. The Labute approximate surface area is 168 Å². The van der Waals surface area contributed by atoms with Gasteiger partial charge >= 0.3 is 17.9 Å². The summed E-state index contributed by atoms with van der Waals surface area (Å²) >= 11 is 0. The second-order valence-electron chi connectivity index (χ2n) is 7.47. The lowest BCUT2D eigenvalue weighted by atomic mass is 9.96. The molecule has 0 bridgehead atoms. The Balaban J connectivity index is 1.74. The van der Waals surface area contributed by atoms with Crippen LogP contribution in [0.1, 0.15) is 55.8 Å². The number of Topliss-reactive ketones (excluding diaryl/α,β-unsaturated/α-hetero) is 1. The molecular weight excluding hydrogens is 382 g/mol. The first-order chi connectivity index (χ1) is 13.8. The molecule has 1 aliphatic heterocycles. The zero-order valence-electron chi connectivity index (χ0n) is 16.2. The van der Waals surface area contributed by atoms with Gasteiger partial charge in [0.1, 0.15) is 12.2 Å². The topological polar surface area (TPSA) is 69.7 Å². The number of ether oxygens (including phenoxy) is 2. The van der Waals surface area contributed by atoms with Crippen LogP contribution < -0.4 is 0 Å². The number of rotatable bonds is 8. The van der Waals surface area contributed by atoms with Crippen LogP contribution in [0.25, 0.3) is 0 Å². The third kappa shape index (κ3) is 4.89. The summed E-state index contributed by atoms with van der Waals surface area (Å²) in [5.41, 5.74) is 0.882. The number of carbonyl (C=O) groups is 3. The van der Waals surface area contributed by atoms with Crippen molar-refractivity contribution in [3.8, 4) is 0 Å². The molecule has 0 N–H and O–H groups in total. The van der Waals surface area contributed by atoms with E-state index < -0.39 is 42.7 Å². The third-order valence-corrected chi connectivity index (χ3v) is 5.40. The Morgan fingerprint density at radius 2 is 2.00 bits per heavy atom. The zero-order valence-corrected chi connectivity index (χ0v) is 16.2. The molecule has 0 radical (unpaired) electrons. The van der Waals surface area contributed by atoms with Crippen LogP contribution >= 0.6 is 0 Å². The van der Waals surface area contributed by atoms with Gasteiger partial charge in [0.25, 0.3) is 0 Å². The van der Waals surface area contributed by atoms with Crippen molar-refractivity contribution in [2.45, 2.75) is 63.6 Å². The Hall–Kier alpha value is -2.57. The van der Waals surface area contributed by atoms with Crippen molar-refractivity contribution < 1.29 is 32.6 Å². The summed E-state index contributed by atoms with van der Waals surface area (Å²) in [6, 6.07) is 8.40. The molecule has 1 aromatic carbocycles. The summed E-state index contributed by atoms with van der Waals surface area (Å²) in [7, 11) is 0. The van der Waals surface area contributed by atoms with Crippen LogP contribution in [-0.2, 0) is 19.1 Å². The van der Waals surface area contributed by atoms with Gasteiger partial charge in [0.05, 0.1) is 12.0 Å². The smallest absolute Gasteiger partial charge is 0.338 e. The molecular formula is C22H24F2O5. The van der Waals surface area contributed by atoms with E-state index in [4.69, 9.17) is 9.47 Å². The van der Waals surface area contributed by atoms with E-state index in [9.17, 15) is 23.2 Å². The summed E-state index contributed by atoms with van der Waals surface area (Å²) in [6.45, 7) is 1.78. The van der Waals surface area contributed by atoms with E-state index in [1.54, 1.807) is 37.3 Å². The first-order valence-electron chi connectivity index (χ1n) is 9.88. The molecule has 3 atom stereocenters. The van der Waals surface area contributed by atoms with Crippen LogP contribution in [0.15, 0.2) is 42.0 Å². The van der Waals surface area contributed by atoms with Gasteiger partial charge in [0.2, 0.25) is 5.78 Å². The first kappa shape index (κ1) is 21.1. The van der Waals surface area contributed by atoms with Crippen molar-refractivity contribution in [1.82, 2.24) is 0 Å². The molecule has 156 valence electrons. The van der Waals surface area contributed by atoms with Gasteiger partial charge < -0.3 is 9.47 Å². The maximum atomic E-state index is 14.0. The normalized spacial score (nSPS) is 25.0. The number of carbonyl (C=O) groups excluding carboxylic acids is 3. The Bertz CT molecular complexity index is 803. The van der Waals surface area contributed by atoms with Gasteiger partial charge in [-0.2, -0.15) is 8.78 Å². The van der Waals surface area contributed by atoms with E-state index in [2.05, 4.69) is 0 Å². The molecule has 0 amide bonds. The highest BCUT2D eigenvalue weighted by Crippen LogP contribution is 2.43. The minimum atomic E-state index is -3.39. The van der Waals surface area contributed by atoms with Crippen molar-refractivity contribution >= 4 is 17.7 Å². The van der Waals surface area contributed by atoms with Crippen molar-refractivity contribution in [3.05, 3.63) is 47.5 Å². The molecule has 2 fully saturated rings. The molecule has 2 aliphatic rings. The Kier molecular flexibility index (Phi) is 6.45. The van der Waals surface area contributed by atoms with E-state index in [0.29, 0.717) is 17.6 Å². The predicted octanol–water partition coefficient (Wildman–Crippen LogP) is 4.26. The fraction of sp³-hybridized carbons (Fsp3) is 0.500. The molecule has 3 rings (SSSR count). The average Bonchev–Trinajstić information content (AvgIpc) is 3.20. The van der Waals surface area contributed by atoms with Crippen molar-refractivity contribution in [2.75, 3.05) is 0 Å². The lowest BCUT2D eigenvalue weighted by molar-refractivity contribution is -0.143. The van der Waals surface area contributed by atoms with Crippen molar-refractivity contribution in [1.29, 1.82) is 0 Å². The number of benzene rings is 1. The van der Waals surface area contributed by atoms with Crippen LogP contribution in [0, 0.1) is 5.92 Å². The van der Waals surface area contributed by atoms with Crippen molar-refractivity contribution in [3.63, 3.8) is 0 Å². The maximum absolute atomic E-state index is 14.0. The monoisotopic (exact) mass is 406 g/mol. The predicted molar refractivity (Wildman–Crippen MR) is 100 cm³/mol. The lowest BCUT2D eigenvalue weighted by Crippen LogP contribution is -2.28. The van der Waals surface area contributed by atoms with Crippen LogP contribution in [0.2, 0.25) is 0 Å². The number of fused-ring (bicyclic) bond motifs is 1. The molecule has 1 saturated carbocycles. The summed E-state index contributed by atoms with van der Waals surface area (Å²) in [5, 5.41) is 0. The summed E-state index contributed by atoms with van der Waals surface area (Å²) in [5.74, 6) is -5.83. The molecule has 29 heavy (non-hydrogen) atoms. The number of halogens is 2. The van der Waals surface area contributed by atoms with E-state index in [1.165, 1.54) is 6.08 Å². The van der Waals surface area contributed by atoms with Crippen LogP contribution in [0.5, 0.6) is 0 Å². The first-order valence-corrected chi connectivity index (χ1v) is 9.88. The summed E-state index contributed by atoms with van der Waals surface area (Å²) in [6.07, 6.45) is 0.481. The molecule has 1 aromatic rings. The molecule has 5 nitrogen and oxygen atoms in total. The number of alkyl halides is 2. The average molecular weight is 406 g/mol. The fourth-order valence-electron chi connectivity index (χ4n) is 3.81. The van der Waals surface area contributed by atoms with Gasteiger partial charge in [-0.1, -0.05) is 37.6 Å². The second kappa shape index (κ2) is 8.84. The summed E-state index contributed by atoms with van der Waals surface area (Å²) in [4.78, 5) is 36.1. The number of hydrogen-bond donors (Lipinski definition) is 0. The standard InChI is InChI=1S/C22H24F2O5/c1-2-3-11-22(23,24)19(25)10-9-15-16-12-20(26)28-18(16)13-17(15)29-21(27)14-7-5-4-6-8-14/h4-9,16-18H,2-3,10-13H2,1H3/t16-,17?,18?/m1/s1. The van der Waals surface area contributed by atoms with Crippen molar-refractivity contribution in [2.24, 2.45) is 5.92 Å². The minimum absolute atomic E-state index is 0.0936. The number of ketones is 1. The van der Waals surface area contributed by atoms with Gasteiger partial charge in [-0.15, -0.1) is 0 Å². The van der Waals surface area contributed by atoms with Gasteiger partial charge in [-0.3, -0.25) is 9.59 Å². The van der Waals surface area contributed by atoms with Gasteiger partial charge in [-0.05, 0) is 24.1 Å². The molecule has 1 saturated heterocycles. The van der Waals surface area contributed by atoms with Gasteiger partial charge in [0, 0.05) is 25.2 Å². The Morgan fingerprint density at radius 1 is 1.28 bits per heavy atom. The molecule has 0 spiro atoms. The molecule has 0 aromatic heterocycles. The highest BCUT2D eigenvalue weighted by Gasteiger charge is 2.48. The van der Waals surface area contributed by atoms with E-state index in [-0.39, 0.29) is 31.1 Å². The van der Waals surface area contributed by atoms with Crippen LogP contribution in [0.3, 0.4) is 0 Å². The summed E-state index contributed by atoms with van der Waals surface area (Å²) < 4.78 is 38.8. The maximum Gasteiger partial charge on any atom is 0.338 e. The van der Waals surface area contributed by atoms with E-state index >= 15 is 0 Å². The lowest BCUT2D eigenvalue weighted by Gasteiger charge is -2.17. The largest absolute Gasteiger partial charge is 0.462 e. The molecule has 1 heterocycles. The molecule has 2 unspecified atom stereocenters. The van der Waals surface area contributed by atoms with Crippen LogP contribution in [-0.4, -0.2) is 35.9 Å². The molecule has 1 aliphatic carbocycles.